The van der Waals surface area contributed by atoms with E-state index in [9.17, 15) is 13.6 Å². The Morgan fingerprint density at radius 3 is 2.50 bits per heavy atom. The number of benzene rings is 1. The molecule has 0 atom stereocenters. The summed E-state index contributed by atoms with van der Waals surface area (Å²) in [6, 6.07) is 5.29. The van der Waals surface area contributed by atoms with Crippen molar-refractivity contribution in [2.24, 2.45) is 10.9 Å². The van der Waals surface area contributed by atoms with Crippen molar-refractivity contribution in [1.82, 2.24) is 4.90 Å². The number of hydrogen-bond acceptors (Lipinski definition) is 4. The number of amides is 1. The van der Waals surface area contributed by atoms with Gasteiger partial charge in [0.25, 0.3) is 5.91 Å². The maximum Gasteiger partial charge on any atom is 0.387 e. The molecule has 8 heteroatoms. The minimum atomic E-state index is -2.91. The lowest BCUT2D eigenvalue weighted by Crippen LogP contribution is -2.38. The average molecular weight is 287 g/mol. The molecule has 6 nitrogen and oxygen atoms in total. The van der Waals surface area contributed by atoms with Gasteiger partial charge in [-0.3, -0.25) is 4.79 Å². The van der Waals surface area contributed by atoms with Crippen LogP contribution >= 0.6 is 0 Å². The van der Waals surface area contributed by atoms with Gasteiger partial charge in [0.15, 0.2) is 5.84 Å². The number of alkyl halides is 2. The van der Waals surface area contributed by atoms with Gasteiger partial charge in [0.1, 0.15) is 5.75 Å². The van der Waals surface area contributed by atoms with Gasteiger partial charge < -0.3 is 20.6 Å². The van der Waals surface area contributed by atoms with E-state index in [-0.39, 0.29) is 24.0 Å². The summed E-state index contributed by atoms with van der Waals surface area (Å²) in [6.07, 6.45) is 0. The normalized spacial score (nSPS) is 11.5. The highest BCUT2D eigenvalue weighted by atomic mass is 19.3. The highest BCUT2D eigenvalue weighted by molar-refractivity contribution is 5.97. The molecular weight excluding hydrogens is 272 g/mol. The number of nitrogens with zero attached hydrogens (tertiary/aromatic N) is 2. The van der Waals surface area contributed by atoms with Gasteiger partial charge >= 0.3 is 6.61 Å². The molecule has 0 radical (unpaired) electrons. The summed E-state index contributed by atoms with van der Waals surface area (Å²) in [7, 11) is 0. The Bertz CT molecular complexity index is 477. The summed E-state index contributed by atoms with van der Waals surface area (Å²) in [5.41, 5.74) is 5.64. The first-order valence-corrected chi connectivity index (χ1v) is 5.78. The summed E-state index contributed by atoms with van der Waals surface area (Å²) in [4.78, 5) is 13.5. The molecule has 0 aliphatic carbocycles. The molecule has 0 aliphatic rings. The van der Waals surface area contributed by atoms with Crippen molar-refractivity contribution in [3.8, 4) is 5.75 Å². The predicted molar refractivity (Wildman–Crippen MR) is 68.1 cm³/mol. The van der Waals surface area contributed by atoms with E-state index in [1.807, 2.05) is 0 Å². The van der Waals surface area contributed by atoms with Gasteiger partial charge in [-0.15, -0.1) is 0 Å². The molecular formula is C12H15F2N3O3. The Hall–Kier alpha value is -2.38. The number of ether oxygens (including phenoxy) is 1. The zero-order chi connectivity index (χ0) is 15.1. The Morgan fingerprint density at radius 2 is 2.05 bits per heavy atom. The monoisotopic (exact) mass is 287 g/mol. The van der Waals surface area contributed by atoms with Crippen LogP contribution in [0.4, 0.5) is 8.78 Å². The molecule has 110 valence electrons. The first-order chi connectivity index (χ1) is 9.47. The number of hydrogen-bond donors (Lipinski definition) is 2. The topological polar surface area (TPSA) is 88.1 Å². The average Bonchev–Trinajstić information content (AvgIpc) is 2.44. The summed E-state index contributed by atoms with van der Waals surface area (Å²) in [5, 5.41) is 11.3. The molecule has 1 aromatic carbocycles. The number of halogens is 2. The summed E-state index contributed by atoms with van der Waals surface area (Å²) >= 11 is 0. The van der Waals surface area contributed by atoms with E-state index >= 15 is 0 Å². The van der Waals surface area contributed by atoms with Crippen molar-refractivity contribution >= 4 is 11.7 Å². The Kier molecular flexibility index (Phi) is 5.70. The smallest absolute Gasteiger partial charge is 0.387 e. The van der Waals surface area contributed by atoms with Crippen LogP contribution in [0.3, 0.4) is 0 Å². The van der Waals surface area contributed by atoms with Crippen LogP contribution in [0.2, 0.25) is 0 Å². The fourth-order valence-electron chi connectivity index (χ4n) is 1.52. The molecule has 20 heavy (non-hydrogen) atoms. The first-order valence-electron chi connectivity index (χ1n) is 5.78. The van der Waals surface area contributed by atoms with Gasteiger partial charge in [0.05, 0.1) is 6.54 Å². The van der Waals surface area contributed by atoms with Crippen LogP contribution < -0.4 is 10.5 Å². The molecule has 0 spiro atoms. The molecule has 3 N–H and O–H groups in total. The number of rotatable bonds is 6. The van der Waals surface area contributed by atoms with E-state index in [0.717, 1.165) is 0 Å². The molecule has 1 rings (SSSR count). The number of carbonyl (C=O) groups is 1. The molecule has 0 unspecified atom stereocenters. The molecule has 0 saturated heterocycles. The van der Waals surface area contributed by atoms with E-state index in [2.05, 4.69) is 9.89 Å². The zero-order valence-electron chi connectivity index (χ0n) is 10.8. The summed E-state index contributed by atoms with van der Waals surface area (Å²) in [6.45, 7) is -0.855. The maximum absolute atomic E-state index is 12.1. The third kappa shape index (κ3) is 4.38. The molecule has 0 fully saturated rings. The lowest BCUT2D eigenvalue weighted by Gasteiger charge is -2.20. The lowest BCUT2D eigenvalue weighted by molar-refractivity contribution is -0.0498. The molecule has 1 amide bonds. The fourth-order valence-corrected chi connectivity index (χ4v) is 1.52. The van der Waals surface area contributed by atoms with Crippen molar-refractivity contribution in [3.63, 3.8) is 0 Å². The van der Waals surface area contributed by atoms with Gasteiger partial charge in [-0.05, 0) is 31.2 Å². The van der Waals surface area contributed by atoms with E-state index in [1.54, 1.807) is 6.92 Å². The second-order valence-electron chi connectivity index (χ2n) is 3.81. The summed E-state index contributed by atoms with van der Waals surface area (Å²) in [5.74, 6) is -0.489. The van der Waals surface area contributed by atoms with Crippen LogP contribution in [0.15, 0.2) is 29.4 Å². The number of nitrogens with two attached hydrogens (primary N) is 1. The summed E-state index contributed by atoms with van der Waals surface area (Å²) < 4.78 is 28.2. The van der Waals surface area contributed by atoms with E-state index in [1.165, 1.54) is 29.2 Å². The van der Waals surface area contributed by atoms with Crippen LogP contribution in [0.25, 0.3) is 0 Å². The van der Waals surface area contributed by atoms with Gasteiger partial charge in [-0.25, -0.2) is 0 Å². The van der Waals surface area contributed by atoms with Crippen molar-refractivity contribution in [2.45, 2.75) is 13.5 Å². The highest BCUT2D eigenvalue weighted by Gasteiger charge is 2.16. The Morgan fingerprint density at radius 1 is 1.45 bits per heavy atom. The zero-order valence-corrected chi connectivity index (χ0v) is 10.8. The third-order valence-corrected chi connectivity index (χ3v) is 2.48. The van der Waals surface area contributed by atoms with Crippen molar-refractivity contribution in [3.05, 3.63) is 29.8 Å². The van der Waals surface area contributed by atoms with Gasteiger partial charge in [-0.2, -0.15) is 8.78 Å². The number of amidine groups is 1. The number of carbonyl (C=O) groups excluding carboxylic acids is 1. The molecule has 0 aromatic heterocycles. The van der Waals surface area contributed by atoms with Crippen LogP contribution in [0, 0.1) is 0 Å². The largest absolute Gasteiger partial charge is 0.435 e. The van der Waals surface area contributed by atoms with Gasteiger partial charge in [0.2, 0.25) is 0 Å². The lowest BCUT2D eigenvalue weighted by atomic mass is 10.2. The third-order valence-electron chi connectivity index (χ3n) is 2.48. The molecule has 0 bridgehead atoms. The minimum absolute atomic E-state index is 0.0267. The molecule has 0 aliphatic heterocycles. The number of oxime groups is 1. The van der Waals surface area contributed by atoms with Crippen molar-refractivity contribution in [1.29, 1.82) is 0 Å². The molecule has 1 aromatic rings. The first kappa shape index (κ1) is 15.7. The number of likely N-dealkylation sites (N-methyl/N-ethyl adjacent to an activating group) is 1. The van der Waals surface area contributed by atoms with Gasteiger partial charge in [0, 0.05) is 12.1 Å². The fraction of sp³-hybridized carbons (Fsp3) is 0.333. The maximum atomic E-state index is 12.1. The van der Waals surface area contributed by atoms with Crippen molar-refractivity contribution < 1.29 is 23.5 Å². The second-order valence-corrected chi connectivity index (χ2v) is 3.81. The predicted octanol–water partition coefficient (Wildman–Crippen LogP) is 1.50. The van der Waals surface area contributed by atoms with Crippen LogP contribution in [-0.2, 0) is 0 Å². The van der Waals surface area contributed by atoms with Crippen molar-refractivity contribution in [2.75, 3.05) is 13.1 Å². The highest BCUT2D eigenvalue weighted by Crippen LogP contribution is 2.16. The van der Waals surface area contributed by atoms with E-state index < -0.39 is 6.61 Å². The Labute approximate surface area is 114 Å². The molecule has 0 heterocycles. The van der Waals surface area contributed by atoms with Crippen LogP contribution in [-0.4, -0.2) is 41.6 Å². The van der Waals surface area contributed by atoms with Gasteiger partial charge in [-0.1, -0.05) is 5.16 Å². The Balaban J connectivity index is 2.79. The SMILES string of the molecule is CCN(CC(N)=NO)C(=O)c1ccc(OC(F)F)cc1. The molecule has 0 saturated carbocycles. The van der Waals surface area contributed by atoms with Crippen LogP contribution in [0.5, 0.6) is 5.75 Å². The quantitative estimate of drug-likeness (QED) is 0.359. The second kappa shape index (κ2) is 7.27. The standard InChI is InChI=1S/C12H15F2N3O3/c1-2-17(7-10(15)16-19)11(18)8-3-5-9(6-4-8)20-12(13)14/h3-6,12,19H,2,7H2,1H3,(H2,15,16). The van der Waals surface area contributed by atoms with E-state index in [4.69, 9.17) is 10.9 Å². The van der Waals surface area contributed by atoms with Crippen LogP contribution in [0.1, 0.15) is 17.3 Å². The minimum Gasteiger partial charge on any atom is -0.435 e. The van der Waals surface area contributed by atoms with E-state index in [0.29, 0.717) is 12.1 Å².